The van der Waals surface area contributed by atoms with Crippen LogP contribution in [0, 0.1) is 0 Å². The van der Waals surface area contributed by atoms with Crippen LogP contribution in [-0.4, -0.2) is 23.5 Å². The first-order valence-electron chi connectivity index (χ1n) is 8.24. The van der Waals surface area contributed by atoms with Crippen LogP contribution in [0.15, 0.2) is 66.7 Å². The molecule has 1 atom stereocenters. The van der Waals surface area contributed by atoms with Crippen molar-refractivity contribution in [1.82, 2.24) is 4.90 Å². The Balaban J connectivity index is 1.66. The number of amides is 2. The van der Waals surface area contributed by atoms with Gasteiger partial charge in [-0.25, -0.2) is 9.69 Å². The number of allylic oxidation sites excluding steroid dienone is 1. The van der Waals surface area contributed by atoms with Crippen LogP contribution >= 0.6 is 0 Å². The van der Waals surface area contributed by atoms with Crippen molar-refractivity contribution in [1.29, 1.82) is 0 Å². The normalized spacial score (nSPS) is 17.4. The van der Waals surface area contributed by atoms with Crippen molar-refractivity contribution in [2.45, 2.75) is 18.6 Å². The third-order valence-corrected chi connectivity index (χ3v) is 4.19. The van der Waals surface area contributed by atoms with Crippen molar-refractivity contribution in [2.75, 3.05) is 6.61 Å². The first-order valence-corrected chi connectivity index (χ1v) is 8.24. The molecule has 0 radical (unpaired) electrons. The molecule has 27 heavy (non-hydrogen) atoms. The summed E-state index contributed by atoms with van der Waals surface area (Å²) in [6.07, 6.45) is -2.08. The summed E-state index contributed by atoms with van der Waals surface area (Å²) in [5.41, 5.74) is 0.681. The Hall–Kier alpha value is -3.09. The topological polar surface area (TPSA) is 46.6 Å². The van der Waals surface area contributed by atoms with Gasteiger partial charge in [0.15, 0.2) is 0 Å². The van der Waals surface area contributed by atoms with Gasteiger partial charge in [-0.3, -0.25) is 4.79 Å². The Labute approximate surface area is 153 Å². The van der Waals surface area contributed by atoms with Crippen LogP contribution in [0.4, 0.5) is 18.0 Å². The maximum Gasteiger partial charge on any atom is 0.417 e. The van der Waals surface area contributed by atoms with E-state index in [9.17, 15) is 22.8 Å². The van der Waals surface area contributed by atoms with Gasteiger partial charge >= 0.3 is 12.3 Å². The van der Waals surface area contributed by atoms with Gasteiger partial charge in [0, 0.05) is 6.08 Å². The highest BCUT2D eigenvalue weighted by Crippen LogP contribution is 2.29. The fraction of sp³-hybridized carbons (Fsp3) is 0.200. The Bertz CT molecular complexity index is 845. The minimum Gasteiger partial charge on any atom is -0.446 e. The second-order valence-electron chi connectivity index (χ2n) is 6.01. The van der Waals surface area contributed by atoms with Gasteiger partial charge in [0.25, 0.3) is 5.91 Å². The molecule has 1 aliphatic rings. The van der Waals surface area contributed by atoms with Crippen molar-refractivity contribution >= 4 is 12.0 Å². The number of benzene rings is 2. The summed E-state index contributed by atoms with van der Waals surface area (Å²) < 4.78 is 42.7. The van der Waals surface area contributed by atoms with Gasteiger partial charge in [0.2, 0.25) is 0 Å². The van der Waals surface area contributed by atoms with Crippen LogP contribution in [0.2, 0.25) is 0 Å². The van der Waals surface area contributed by atoms with E-state index < -0.39 is 29.8 Å². The van der Waals surface area contributed by atoms with Crippen molar-refractivity contribution in [2.24, 2.45) is 0 Å². The summed E-state index contributed by atoms with van der Waals surface area (Å²) in [5.74, 6) is -0.529. The molecule has 0 aliphatic carbocycles. The monoisotopic (exact) mass is 375 g/mol. The van der Waals surface area contributed by atoms with E-state index in [1.54, 1.807) is 24.3 Å². The molecule has 3 rings (SSSR count). The zero-order chi connectivity index (χ0) is 19.4. The number of hydrogen-bond donors (Lipinski definition) is 0. The lowest BCUT2D eigenvalue weighted by Gasteiger charge is -2.18. The largest absolute Gasteiger partial charge is 0.446 e. The van der Waals surface area contributed by atoms with Crippen molar-refractivity contribution < 1.29 is 27.5 Å². The number of ether oxygens (including phenoxy) is 1. The molecule has 0 unspecified atom stereocenters. The van der Waals surface area contributed by atoms with Gasteiger partial charge in [-0.1, -0.05) is 48.5 Å². The molecule has 0 bridgehead atoms. The molecule has 1 aliphatic heterocycles. The van der Waals surface area contributed by atoms with E-state index in [2.05, 4.69) is 0 Å². The van der Waals surface area contributed by atoms with E-state index in [0.717, 1.165) is 22.6 Å². The summed E-state index contributed by atoms with van der Waals surface area (Å²) in [7, 11) is 0. The minimum atomic E-state index is -4.38. The van der Waals surface area contributed by atoms with Crippen LogP contribution in [-0.2, 0) is 22.1 Å². The molecule has 2 amide bonds. The van der Waals surface area contributed by atoms with E-state index in [0.29, 0.717) is 5.56 Å². The molecule has 0 spiro atoms. The van der Waals surface area contributed by atoms with E-state index in [1.165, 1.54) is 24.3 Å². The Morgan fingerprint density at radius 3 is 2.41 bits per heavy atom. The fourth-order valence-electron chi connectivity index (χ4n) is 2.79. The van der Waals surface area contributed by atoms with E-state index >= 15 is 0 Å². The minimum absolute atomic E-state index is 0.0847. The molecule has 2 aromatic rings. The summed E-state index contributed by atoms with van der Waals surface area (Å²) in [6, 6.07) is 13.3. The number of imide groups is 1. The first-order chi connectivity index (χ1) is 12.9. The van der Waals surface area contributed by atoms with Gasteiger partial charge in [0.1, 0.15) is 12.6 Å². The van der Waals surface area contributed by atoms with Crippen molar-refractivity contribution in [3.63, 3.8) is 0 Å². The molecule has 2 aromatic carbocycles. The summed E-state index contributed by atoms with van der Waals surface area (Å²) >= 11 is 0. The van der Waals surface area contributed by atoms with Crippen molar-refractivity contribution in [3.05, 3.63) is 83.4 Å². The third-order valence-electron chi connectivity index (χ3n) is 4.19. The molecule has 0 N–H and O–H groups in total. The molecular formula is C20H16F3NO3. The maximum atomic E-state index is 12.6. The van der Waals surface area contributed by atoms with E-state index in [1.807, 2.05) is 6.07 Å². The lowest BCUT2D eigenvalue weighted by Crippen LogP contribution is -2.32. The highest BCUT2D eigenvalue weighted by atomic mass is 19.4. The van der Waals surface area contributed by atoms with Gasteiger partial charge in [-0.05, 0) is 29.7 Å². The number of cyclic esters (lactones) is 1. The summed E-state index contributed by atoms with van der Waals surface area (Å²) in [6.45, 7) is 0.0847. The number of rotatable bonds is 4. The zero-order valence-electron chi connectivity index (χ0n) is 14.1. The molecule has 140 valence electrons. The number of hydrogen-bond acceptors (Lipinski definition) is 3. The number of halogens is 3. The second kappa shape index (κ2) is 7.65. The Morgan fingerprint density at radius 2 is 1.78 bits per heavy atom. The lowest BCUT2D eigenvalue weighted by atomic mass is 10.1. The van der Waals surface area contributed by atoms with Crippen LogP contribution in [0.5, 0.6) is 0 Å². The zero-order valence-corrected chi connectivity index (χ0v) is 14.1. The molecule has 7 heteroatoms. The number of carbonyl (C=O) groups excluding carboxylic acids is 2. The van der Waals surface area contributed by atoms with Gasteiger partial charge < -0.3 is 4.74 Å². The average Bonchev–Trinajstić information content (AvgIpc) is 3.04. The highest BCUT2D eigenvalue weighted by molar-refractivity contribution is 5.99. The molecule has 0 aromatic heterocycles. The number of alkyl halides is 3. The smallest absolute Gasteiger partial charge is 0.417 e. The summed E-state index contributed by atoms with van der Waals surface area (Å²) in [5, 5.41) is 0. The van der Waals surface area contributed by atoms with Crippen LogP contribution in [0.1, 0.15) is 22.7 Å². The lowest BCUT2D eigenvalue weighted by molar-refractivity contribution is -0.137. The fourth-order valence-corrected chi connectivity index (χ4v) is 2.79. The predicted octanol–water partition coefficient (Wildman–Crippen LogP) is 4.52. The van der Waals surface area contributed by atoms with Gasteiger partial charge in [0.05, 0.1) is 5.56 Å². The average molecular weight is 375 g/mol. The van der Waals surface area contributed by atoms with E-state index in [-0.39, 0.29) is 13.0 Å². The molecule has 1 fully saturated rings. The van der Waals surface area contributed by atoms with Crippen molar-refractivity contribution in [3.8, 4) is 0 Å². The third kappa shape index (κ3) is 4.36. The quantitative estimate of drug-likeness (QED) is 0.738. The van der Waals surface area contributed by atoms with E-state index in [4.69, 9.17) is 4.74 Å². The number of nitrogens with zero attached hydrogens (tertiary/aromatic N) is 1. The Kier molecular flexibility index (Phi) is 5.30. The van der Waals surface area contributed by atoms with Gasteiger partial charge in [-0.15, -0.1) is 0 Å². The van der Waals surface area contributed by atoms with Crippen LogP contribution in [0.3, 0.4) is 0 Å². The molecule has 1 saturated heterocycles. The van der Waals surface area contributed by atoms with Crippen LogP contribution in [0.25, 0.3) is 0 Å². The summed E-state index contributed by atoms with van der Waals surface area (Å²) in [4.78, 5) is 25.4. The Morgan fingerprint density at radius 1 is 1.11 bits per heavy atom. The first kappa shape index (κ1) is 18.7. The SMILES string of the molecule is O=C(/C=C/Cc1ccc(C(F)(F)F)cc1)N1C(=O)OC[C@H]1c1ccccc1. The predicted molar refractivity (Wildman–Crippen MR) is 91.7 cm³/mol. The molecule has 4 nitrogen and oxygen atoms in total. The van der Waals surface area contributed by atoms with Crippen LogP contribution < -0.4 is 0 Å². The second-order valence-corrected chi connectivity index (χ2v) is 6.01. The van der Waals surface area contributed by atoms with Gasteiger partial charge in [-0.2, -0.15) is 13.2 Å². The maximum absolute atomic E-state index is 12.6. The standard InChI is InChI=1S/C20H16F3NO3/c21-20(22,23)16-11-9-14(10-12-16)5-4-8-18(25)24-17(13-27-19(24)26)15-6-2-1-3-7-15/h1-4,6-12,17H,5,13H2/b8-4+/t17-/m0/s1. The highest BCUT2D eigenvalue weighted by Gasteiger charge is 2.37. The molecule has 0 saturated carbocycles. The molecule has 1 heterocycles. The number of carbonyl (C=O) groups is 2. The molecular weight excluding hydrogens is 359 g/mol.